The molecule has 0 aliphatic heterocycles. The summed E-state index contributed by atoms with van der Waals surface area (Å²) < 4.78 is 0. The van der Waals surface area contributed by atoms with E-state index in [0.29, 0.717) is 5.69 Å². The molecule has 0 saturated heterocycles. The molecule has 0 saturated carbocycles. The van der Waals surface area contributed by atoms with E-state index in [4.69, 9.17) is 5.11 Å². The van der Waals surface area contributed by atoms with Crippen LogP contribution in [0.3, 0.4) is 0 Å². The van der Waals surface area contributed by atoms with Crippen LogP contribution in [0.15, 0.2) is 54.6 Å². The van der Waals surface area contributed by atoms with E-state index in [2.05, 4.69) is 0 Å². The van der Waals surface area contributed by atoms with Crippen molar-refractivity contribution in [3.8, 4) is 0 Å². The number of hydrogen-bond donors (Lipinski definition) is 2. The van der Waals surface area contributed by atoms with Gasteiger partial charge in [0.25, 0.3) is 0 Å². The van der Waals surface area contributed by atoms with Crippen LogP contribution in [0.25, 0.3) is 0 Å². The van der Waals surface area contributed by atoms with Crippen molar-refractivity contribution >= 4 is 23.3 Å². The van der Waals surface area contributed by atoms with Crippen molar-refractivity contribution in [1.82, 2.24) is 0 Å². The standard InChI is InChI=1S/C16H15NO4/c18-15(19)10-11-17(12-6-2-1-3-7-12)14-9-5-4-8-13(14)16(20)21/h1-9H,10-11H2,(H,18,19)(H,20,21). The number of carbonyl (C=O) groups is 2. The van der Waals surface area contributed by atoms with Gasteiger partial charge in [0.2, 0.25) is 0 Å². The van der Waals surface area contributed by atoms with Gasteiger partial charge in [-0.05, 0) is 24.3 Å². The first-order chi connectivity index (χ1) is 10.1. The highest BCUT2D eigenvalue weighted by molar-refractivity contribution is 5.95. The van der Waals surface area contributed by atoms with Crippen LogP contribution in [0.4, 0.5) is 11.4 Å². The van der Waals surface area contributed by atoms with E-state index < -0.39 is 11.9 Å². The third kappa shape index (κ3) is 3.60. The Hall–Kier alpha value is -2.82. The molecule has 21 heavy (non-hydrogen) atoms. The zero-order valence-electron chi connectivity index (χ0n) is 11.3. The largest absolute Gasteiger partial charge is 0.481 e. The Morgan fingerprint density at radius 3 is 2.14 bits per heavy atom. The normalized spacial score (nSPS) is 10.1. The first-order valence-electron chi connectivity index (χ1n) is 6.46. The third-order valence-electron chi connectivity index (χ3n) is 3.04. The van der Waals surface area contributed by atoms with Crippen LogP contribution < -0.4 is 4.90 Å². The lowest BCUT2D eigenvalue weighted by molar-refractivity contribution is -0.136. The van der Waals surface area contributed by atoms with Crippen molar-refractivity contribution in [3.05, 3.63) is 60.2 Å². The Labute approximate surface area is 122 Å². The van der Waals surface area contributed by atoms with Gasteiger partial charge in [-0.3, -0.25) is 4.79 Å². The van der Waals surface area contributed by atoms with Crippen molar-refractivity contribution in [2.45, 2.75) is 6.42 Å². The number of carboxylic acid groups (broad SMARTS) is 2. The summed E-state index contributed by atoms with van der Waals surface area (Å²) in [5.74, 6) is -1.97. The van der Waals surface area contributed by atoms with Crippen LogP contribution in [0, 0.1) is 0 Å². The average Bonchev–Trinajstić information content (AvgIpc) is 2.48. The summed E-state index contributed by atoms with van der Waals surface area (Å²) >= 11 is 0. The summed E-state index contributed by atoms with van der Waals surface area (Å²) in [6, 6.07) is 15.7. The molecule has 2 N–H and O–H groups in total. The van der Waals surface area contributed by atoms with Crippen molar-refractivity contribution in [2.24, 2.45) is 0 Å². The molecule has 5 heteroatoms. The quantitative estimate of drug-likeness (QED) is 0.853. The molecule has 108 valence electrons. The molecule has 0 spiro atoms. The second kappa shape index (κ2) is 6.56. The van der Waals surface area contributed by atoms with E-state index >= 15 is 0 Å². The van der Waals surface area contributed by atoms with Crippen LogP contribution in [0.5, 0.6) is 0 Å². The monoisotopic (exact) mass is 285 g/mol. The molecule has 0 amide bonds. The lowest BCUT2D eigenvalue weighted by Crippen LogP contribution is -2.23. The SMILES string of the molecule is O=C(O)CCN(c1ccccc1)c1ccccc1C(=O)O. The number of carboxylic acids is 2. The number of hydrogen-bond acceptors (Lipinski definition) is 3. The fourth-order valence-corrected chi connectivity index (χ4v) is 2.09. The fourth-order valence-electron chi connectivity index (χ4n) is 2.09. The maximum absolute atomic E-state index is 11.4. The van der Waals surface area contributed by atoms with Gasteiger partial charge in [0.15, 0.2) is 0 Å². The van der Waals surface area contributed by atoms with E-state index in [1.54, 1.807) is 23.1 Å². The molecule has 0 heterocycles. The summed E-state index contributed by atoms with van der Waals surface area (Å²) in [6.45, 7) is 0.198. The van der Waals surface area contributed by atoms with Gasteiger partial charge in [-0.15, -0.1) is 0 Å². The summed E-state index contributed by atoms with van der Waals surface area (Å²) in [4.78, 5) is 23.9. The zero-order valence-corrected chi connectivity index (χ0v) is 11.3. The number of aromatic carboxylic acids is 1. The maximum Gasteiger partial charge on any atom is 0.337 e. The lowest BCUT2D eigenvalue weighted by Gasteiger charge is -2.25. The highest BCUT2D eigenvalue weighted by Gasteiger charge is 2.17. The number of rotatable bonds is 6. The molecule has 0 aliphatic rings. The van der Waals surface area contributed by atoms with Crippen LogP contribution >= 0.6 is 0 Å². The van der Waals surface area contributed by atoms with Crippen LogP contribution in [-0.2, 0) is 4.79 Å². The van der Waals surface area contributed by atoms with Gasteiger partial charge in [-0.1, -0.05) is 30.3 Å². The first-order valence-corrected chi connectivity index (χ1v) is 6.46. The van der Waals surface area contributed by atoms with Gasteiger partial charge in [-0.25, -0.2) is 4.79 Å². The number of aliphatic carboxylic acids is 1. The van der Waals surface area contributed by atoms with E-state index in [0.717, 1.165) is 5.69 Å². The van der Waals surface area contributed by atoms with Gasteiger partial charge in [0, 0.05) is 12.2 Å². The predicted octanol–water partition coefficient (Wildman–Crippen LogP) is 3.00. The molecule has 0 aromatic heterocycles. The van der Waals surface area contributed by atoms with Crippen molar-refractivity contribution in [1.29, 1.82) is 0 Å². The second-order valence-corrected chi connectivity index (χ2v) is 4.45. The van der Waals surface area contributed by atoms with Crippen molar-refractivity contribution in [3.63, 3.8) is 0 Å². The van der Waals surface area contributed by atoms with Crippen molar-refractivity contribution in [2.75, 3.05) is 11.4 Å². The Balaban J connectivity index is 2.45. The molecule has 0 radical (unpaired) electrons. The second-order valence-electron chi connectivity index (χ2n) is 4.45. The van der Waals surface area contributed by atoms with E-state index in [9.17, 15) is 14.7 Å². The van der Waals surface area contributed by atoms with Gasteiger partial charge in [0.1, 0.15) is 0 Å². The summed E-state index contributed by atoms with van der Waals surface area (Å²) in [5.41, 5.74) is 1.39. The van der Waals surface area contributed by atoms with Gasteiger partial charge in [0.05, 0.1) is 17.7 Å². The Morgan fingerprint density at radius 2 is 1.52 bits per heavy atom. The van der Waals surface area contributed by atoms with Gasteiger partial charge < -0.3 is 15.1 Å². The summed E-state index contributed by atoms with van der Waals surface area (Å²) in [5, 5.41) is 18.2. The van der Waals surface area contributed by atoms with Crippen LogP contribution in [0.1, 0.15) is 16.8 Å². The molecule has 2 rings (SSSR count). The minimum absolute atomic E-state index is 0.0805. The number of benzene rings is 2. The maximum atomic E-state index is 11.4. The molecule has 0 atom stereocenters. The molecule has 0 fully saturated rings. The summed E-state index contributed by atoms with van der Waals surface area (Å²) in [7, 11) is 0. The van der Waals surface area contributed by atoms with Crippen molar-refractivity contribution < 1.29 is 19.8 Å². The Morgan fingerprint density at radius 1 is 0.905 bits per heavy atom. The first kappa shape index (κ1) is 14.6. The minimum Gasteiger partial charge on any atom is -0.481 e. The Bertz CT molecular complexity index is 640. The van der Waals surface area contributed by atoms with E-state index in [1.165, 1.54) is 6.07 Å². The van der Waals surface area contributed by atoms with E-state index in [1.807, 2.05) is 30.3 Å². The molecule has 0 unspecified atom stereocenters. The molecule has 0 bridgehead atoms. The molecule has 0 aliphatic carbocycles. The topological polar surface area (TPSA) is 77.8 Å². The van der Waals surface area contributed by atoms with E-state index in [-0.39, 0.29) is 18.5 Å². The van der Waals surface area contributed by atoms with Crippen LogP contribution in [0.2, 0.25) is 0 Å². The highest BCUT2D eigenvalue weighted by Crippen LogP contribution is 2.28. The zero-order chi connectivity index (χ0) is 15.2. The highest BCUT2D eigenvalue weighted by atomic mass is 16.4. The summed E-state index contributed by atoms with van der Waals surface area (Å²) in [6.07, 6.45) is -0.0805. The third-order valence-corrected chi connectivity index (χ3v) is 3.04. The van der Waals surface area contributed by atoms with Gasteiger partial charge in [-0.2, -0.15) is 0 Å². The van der Waals surface area contributed by atoms with Gasteiger partial charge >= 0.3 is 11.9 Å². The molecular formula is C16H15NO4. The predicted molar refractivity (Wildman–Crippen MR) is 79.1 cm³/mol. The number of para-hydroxylation sites is 2. The Kier molecular flexibility index (Phi) is 4.56. The fraction of sp³-hybridized carbons (Fsp3) is 0.125. The number of anilines is 2. The minimum atomic E-state index is -1.04. The average molecular weight is 285 g/mol. The molecule has 2 aromatic carbocycles. The smallest absolute Gasteiger partial charge is 0.337 e. The van der Waals surface area contributed by atoms with Crippen LogP contribution in [-0.4, -0.2) is 28.7 Å². The lowest BCUT2D eigenvalue weighted by atomic mass is 10.1. The molecule has 5 nitrogen and oxygen atoms in total. The number of nitrogens with zero attached hydrogens (tertiary/aromatic N) is 1. The molecular weight excluding hydrogens is 270 g/mol. The molecule has 2 aromatic rings.